The summed E-state index contributed by atoms with van der Waals surface area (Å²) < 4.78 is 26.0. The molecule has 0 aromatic rings. The Kier molecular flexibility index (Phi) is 4.99. The van der Waals surface area contributed by atoms with Gasteiger partial charge < -0.3 is 0 Å². The van der Waals surface area contributed by atoms with Crippen LogP contribution in [0, 0.1) is 0 Å². The highest BCUT2D eigenvalue weighted by atomic mass is 35.5. The van der Waals surface area contributed by atoms with Gasteiger partial charge in [-0.1, -0.05) is 13.8 Å². The minimum absolute atomic E-state index is 0.162. The van der Waals surface area contributed by atoms with E-state index in [0.717, 1.165) is 12.2 Å². The van der Waals surface area contributed by atoms with E-state index in [0.29, 0.717) is 13.1 Å². The van der Waals surface area contributed by atoms with Gasteiger partial charge in [-0.2, -0.15) is 11.8 Å². The van der Waals surface area contributed by atoms with Crippen molar-refractivity contribution in [3.63, 3.8) is 0 Å². The Morgan fingerprint density at radius 1 is 1.44 bits per heavy atom. The number of hydrogen-bond donors (Lipinski definition) is 0. The SMILES string of the molecule is CC(CCl)S(=O)(=O)N1CCSC(C)(C)CC1. The van der Waals surface area contributed by atoms with Gasteiger partial charge in [-0.3, -0.25) is 0 Å². The highest BCUT2D eigenvalue weighted by Gasteiger charge is 2.32. The van der Waals surface area contributed by atoms with E-state index in [4.69, 9.17) is 11.6 Å². The molecule has 1 aliphatic rings. The summed E-state index contributed by atoms with van der Waals surface area (Å²) in [5.74, 6) is 1.02. The second-order valence-electron chi connectivity index (χ2n) is 4.77. The summed E-state index contributed by atoms with van der Waals surface area (Å²) in [7, 11) is -3.20. The van der Waals surface area contributed by atoms with Crippen LogP contribution in [-0.2, 0) is 10.0 Å². The first-order valence-electron chi connectivity index (χ1n) is 5.48. The molecule has 0 bridgehead atoms. The fourth-order valence-electron chi connectivity index (χ4n) is 1.59. The molecule has 0 saturated carbocycles. The van der Waals surface area contributed by atoms with Gasteiger partial charge in [-0.25, -0.2) is 12.7 Å². The maximum absolute atomic E-state index is 12.1. The first-order chi connectivity index (χ1) is 7.29. The van der Waals surface area contributed by atoms with E-state index in [1.807, 2.05) is 11.8 Å². The molecule has 1 unspecified atom stereocenters. The van der Waals surface area contributed by atoms with E-state index < -0.39 is 15.3 Å². The standard InChI is InChI=1S/C10H20ClNO2S2/c1-9(8-11)16(13,14)12-5-4-10(2,3)15-7-6-12/h9H,4-8H2,1-3H3. The predicted molar refractivity (Wildman–Crippen MR) is 71.8 cm³/mol. The molecule has 1 heterocycles. The van der Waals surface area contributed by atoms with E-state index in [-0.39, 0.29) is 10.6 Å². The lowest BCUT2D eigenvalue weighted by atomic mass is 10.1. The summed E-state index contributed by atoms with van der Waals surface area (Å²) in [6.45, 7) is 7.23. The second-order valence-corrected chi connectivity index (χ2v) is 9.23. The molecule has 6 heteroatoms. The Bertz CT molecular complexity index is 330. The zero-order valence-corrected chi connectivity index (χ0v) is 12.5. The number of rotatable bonds is 3. The van der Waals surface area contributed by atoms with Crippen LogP contribution in [-0.4, -0.2) is 47.4 Å². The molecule has 96 valence electrons. The van der Waals surface area contributed by atoms with Crippen molar-refractivity contribution in [3.8, 4) is 0 Å². The number of sulfonamides is 1. The quantitative estimate of drug-likeness (QED) is 0.746. The third-order valence-electron chi connectivity index (χ3n) is 2.88. The molecule has 0 aromatic carbocycles. The van der Waals surface area contributed by atoms with Gasteiger partial charge in [0.15, 0.2) is 0 Å². The van der Waals surface area contributed by atoms with Crippen molar-refractivity contribution in [2.24, 2.45) is 0 Å². The summed E-state index contributed by atoms with van der Waals surface area (Å²) in [6.07, 6.45) is 0.895. The van der Waals surface area contributed by atoms with Gasteiger partial charge in [0.25, 0.3) is 0 Å². The van der Waals surface area contributed by atoms with Crippen LogP contribution in [0.1, 0.15) is 27.2 Å². The Balaban J connectivity index is 2.75. The maximum Gasteiger partial charge on any atom is 0.217 e. The Morgan fingerprint density at radius 2 is 2.06 bits per heavy atom. The molecule has 0 spiro atoms. The Morgan fingerprint density at radius 3 is 2.62 bits per heavy atom. The van der Waals surface area contributed by atoms with E-state index in [2.05, 4.69) is 13.8 Å². The number of thioether (sulfide) groups is 1. The van der Waals surface area contributed by atoms with Crippen LogP contribution < -0.4 is 0 Å². The normalized spacial score (nSPS) is 25.0. The van der Waals surface area contributed by atoms with Gasteiger partial charge >= 0.3 is 0 Å². The van der Waals surface area contributed by atoms with Gasteiger partial charge in [0.1, 0.15) is 0 Å². The van der Waals surface area contributed by atoms with Gasteiger partial charge in [0, 0.05) is 29.5 Å². The van der Waals surface area contributed by atoms with Gasteiger partial charge in [-0.15, -0.1) is 11.6 Å². The average Bonchev–Trinajstić information content (AvgIpc) is 2.38. The van der Waals surface area contributed by atoms with Crippen LogP contribution in [0.4, 0.5) is 0 Å². The fraction of sp³-hybridized carbons (Fsp3) is 1.00. The molecule has 0 N–H and O–H groups in total. The summed E-state index contributed by atoms with van der Waals surface area (Å²) in [6, 6.07) is 0. The Hall–Kier alpha value is 0.550. The molecule has 1 atom stereocenters. The maximum atomic E-state index is 12.1. The lowest BCUT2D eigenvalue weighted by molar-refractivity contribution is 0.411. The first-order valence-corrected chi connectivity index (χ1v) is 8.51. The van der Waals surface area contributed by atoms with E-state index >= 15 is 0 Å². The molecule has 0 aromatic heterocycles. The van der Waals surface area contributed by atoms with Crippen molar-refractivity contribution in [2.45, 2.75) is 37.2 Å². The third-order valence-corrected chi connectivity index (χ3v) is 7.17. The molecular formula is C10H20ClNO2S2. The summed E-state index contributed by atoms with van der Waals surface area (Å²) in [5, 5.41) is -0.486. The van der Waals surface area contributed by atoms with Gasteiger partial charge in [0.2, 0.25) is 10.0 Å². The van der Waals surface area contributed by atoms with E-state index in [1.165, 1.54) is 0 Å². The average molecular weight is 286 g/mol. The number of hydrogen-bond acceptors (Lipinski definition) is 3. The Labute approximate surface area is 108 Å². The van der Waals surface area contributed by atoms with Crippen molar-refractivity contribution in [1.82, 2.24) is 4.31 Å². The minimum atomic E-state index is -3.20. The van der Waals surface area contributed by atoms with Crippen molar-refractivity contribution >= 4 is 33.4 Å². The molecular weight excluding hydrogens is 266 g/mol. The van der Waals surface area contributed by atoms with Crippen molar-refractivity contribution in [1.29, 1.82) is 0 Å². The van der Waals surface area contributed by atoms with Crippen LogP contribution in [0.15, 0.2) is 0 Å². The largest absolute Gasteiger partial charge is 0.217 e. The number of halogens is 1. The second kappa shape index (κ2) is 5.46. The number of nitrogens with zero attached hydrogens (tertiary/aromatic N) is 1. The topological polar surface area (TPSA) is 37.4 Å². The van der Waals surface area contributed by atoms with Crippen LogP contribution in [0.3, 0.4) is 0 Å². The first kappa shape index (κ1) is 14.6. The number of alkyl halides is 1. The molecule has 16 heavy (non-hydrogen) atoms. The van der Waals surface area contributed by atoms with E-state index in [1.54, 1.807) is 11.2 Å². The molecule has 0 aliphatic carbocycles. The minimum Gasteiger partial charge on any atom is -0.212 e. The fourth-order valence-corrected chi connectivity index (χ4v) is 4.64. The monoisotopic (exact) mass is 285 g/mol. The smallest absolute Gasteiger partial charge is 0.212 e. The van der Waals surface area contributed by atoms with Crippen LogP contribution in [0.5, 0.6) is 0 Å². The van der Waals surface area contributed by atoms with Crippen molar-refractivity contribution in [3.05, 3.63) is 0 Å². The summed E-state index contributed by atoms with van der Waals surface area (Å²) in [4.78, 5) is 0. The lowest BCUT2D eigenvalue weighted by Crippen LogP contribution is -2.40. The molecule has 3 nitrogen and oxygen atoms in total. The molecule has 1 rings (SSSR count). The van der Waals surface area contributed by atoms with Crippen LogP contribution in [0.2, 0.25) is 0 Å². The molecule has 0 radical (unpaired) electrons. The van der Waals surface area contributed by atoms with Crippen molar-refractivity contribution in [2.75, 3.05) is 24.7 Å². The predicted octanol–water partition coefficient (Wildman–Crippen LogP) is 2.16. The van der Waals surface area contributed by atoms with E-state index in [9.17, 15) is 8.42 Å². The summed E-state index contributed by atoms with van der Waals surface area (Å²) >= 11 is 7.48. The third kappa shape index (κ3) is 3.52. The van der Waals surface area contributed by atoms with Crippen LogP contribution >= 0.6 is 23.4 Å². The lowest BCUT2D eigenvalue weighted by Gasteiger charge is -2.24. The molecule has 0 amide bonds. The highest BCUT2D eigenvalue weighted by Crippen LogP contribution is 2.31. The molecule has 1 aliphatic heterocycles. The van der Waals surface area contributed by atoms with Gasteiger partial charge in [0.05, 0.1) is 5.25 Å². The highest BCUT2D eigenvalue weighted by molar-refractivity contribution is 8.00. The zero-order chi connectivity index (χ0) is 12.4. The summed E-state index contributed by atoms with van der Waals surface area (Å²) in [5.41, 5.74) is 0. The van der Waals surface area contributed by atoms with Crippen LogP contribution in [0.25, 0.3) is 0 Å². The van der Waals surface area contributed by atoms with Crippen molar-refractivity contribution < 1.29 is 8.42 Å². The zero-order valence-electron chi connectivity index (χ0n) is 10.1. The van der Waals surface area contributed by atoms with Gasteiger partial charge in [-0.05, 0) is 13.3 Å². The molecule has 1 saturated heterocycles. The molecule has 1 fully saturated rings.